The molecule has 1 aliphatic carbocycles. The summed E-state index contributed by atoms with van der Waals surface area (Å²) in [6.45, 7) is 6.23. The zero-order chi connectivity index (χ0) is 24.9. The molecule has 2 aliphatic rings. The largest absolute Gasteiger partial charge is 0.507 e. The van der Waals surface area contributed by atoms with Crippen LogP contribution in [0.2, 0.25) is 0 Å². The van der Waals surface area contributed by atoms with Crippen LogP contribution in [0.25, 0.3) is 0 Å². The summed E-state index contributed by atoms with van der Waals surface area (Å²) in [5.74, 6) is -1.76. The first kappa shape index (κ1) is 23.1. The first-order valence-corrected chi connectivity index (χ1v) is 10.7. The van der Waals surface area contributed by atoms with Crippen LogP contribution in [0.15, 0.2) is 47.4 Å². The van der Waals surface area contributed by atoms with Gasteiger partial charge in [-0.15, -0.1) is 0 Å². The van der Waals surface area contributed by atoms with Crippen molar-refractivity contribution in [3.05, 3.63) is 69.6 Å². The van der Waals surface area contributed by atoms with Gasteiger partial charge in [-0.3, -0.25) is 14.4 Å². The lowest BCUT2D eigenvalue weighted by atomic mass is 9.70. The molecule has 0 fully saturated rings. The van der Waals surface area contributed by atoms with Crippen LogP contribution in [0.5, 0.6) is 23.0 Å². The molecule has 1 aliphatic heterocycles. The van der Waals surface area contributed by atoms with Crippen molar-refractivity contribution < 1.29 is 34.1 Å². The quantitative estimate of drug-likeness (QED) is 0.351. The Balaban J connectivity index is 1.78. The monoisotopic (exact) mass is 463 g/mol. The molecule has 0 saturated carbocycles. The lowest BCUT2D eigenvalue weighted by Gasteiger charge is -2.29. The minimum absolute atomic E-state index is 0.00649. The summed E-state index contributed by atoms with van der Waals surface area (Å²) in [4.78, 5) is 39.0. The number of phenols is 2. The van der Waals surface area contributed by atoms with Gasteiger partial charge < -0.3 is 25.0 Å². The fraction of sp³-hybridized carbons (Fsp3) is 0.269. The standard InChI is InChI=1S/C26H25NO7/c1-12-22(30)20(14(3)28)24-21(23(12)31)26(4)18(34-24)10-17(29)19(25(26)32)13(2)27-11-15-6-8-16(33-5)9-7-15/h6-10,27,30-31H,11H2,1-5H3/t26-/m0/s1. The summed E-state index contributed by atoms with van der Waals surface area (Å²) in [6.07, 6.45) is 1.20. The number of carbonyl (C=O) groups is 3. The van der Waals surface area contributed by atoms with Crippen molar-refractivity contribution in [3.8, 4) is 23.0 Å². The molecule has 0 saturated heterocycles. The van der Waals surface area contributed by atoms with Gasteiger partial charge >= 0.3 is 0 Å². The molecular formula is C26H25NO7. The molecule has 1 heterocycles. The topological polar surface area (TPSA) is 122 Å². The van der Waals surface area contributed by atoms with Gasteiger partial charge in [-0.2, -0.15) is 0 Å². The Kier molecular flexibility index (Phi) is 5.47. The summed E-state index contributed by atoms with van der Waals surface area (Å²) < 4.78 is 10.9. The zero-order valence-corrected chi connectivity index (χ0v) is 19.5. The molecule has 4 rings (SSSR count). The van der Waals surface area contributed by atoms with Crippen LogP contribution in [0.3, 0.4) is 0 Å². The highest BCUT2D eigenvalue weighted by Gasteiger charge is 2.56. The number of ether oxygens (including phenoxy) is 2. The third-order valence-electron chi connectivity index (χ3n) is 6.48. The molecular weight excluding hydrogens is 438 g/mol. The Morgan fingerprint density at radius 1 is 1.12 bits per heavy atom. The van der Waals surface area contributed by atoms with E-state index in [1.54, 1.807) is 14.0 Å². The molecule has 176 valence electrons. The molecule has 0 unspecified atom stereocenters. The van der Waals surface area contributed by atoms with E-state index in [1.807, 2.05) is 24.3 Å². The minimum atomic E-state index is -1.53. The molecule has 3 N–H and O–H groups in total. The maximum Gasteiger partial charge on any atom is 0.194 e. The molecule has 0 amide bonds. The summed E-state index contributed by atoms with van der Waals surface area (Å²) >= 11 is 0. The third kappa shape index (κ3) is 3.25. The Bertz CT molecular complexity index is 1320. The van der Waals surface area contributed by atoms with Crippen molar-refractivity contribution in [2.45, 2.75) is 39.7 Å². The van der Waals surface area contributed by atoms with Crippen molar-refractivity contribution in [1.29, 1.82) is 0 Å². The number of phenolic OH excluding ortho intramolecular Hbond substituents is 2. The molecule has 8 nitrogen and oxygen atoms in total. The van der Waals surface area contributed by atoms with Crippen LogP contribution in [0.1, 0.15) is 47.8 Å². The van der Waals surface area contributed by atoms with Gasteiger partial charge in [-0.1, -0.05) is 12.1 Å². The van der Waals surface area contributed by atoms with E-state index in [0.717, 1.165) is 5.56 Å². The molecule has 2 aromatic carbocycles. The Morgan fingerprint density at radius 3 is 2.35 bits per heavy atom. The number of ketones is 3. The third-order valence-corrected chi connectivity index (χ3v) is 6.48. The Hall–Kier alpha value is -4.07. The predicted octanol–water partition coefficient (Wildman–Crippen LogP) is 3.37. The van der Waals surface area contributed by atoms with E-state index in [0.29, 0.717) is 18.0 Å². The van der Waals surface area contributed by atoms with E-state index in [9.17, 15) is 24.6 Å². The fourth-order valence-corrected chi connectivity index (χ4v) is 4.43. The number of aromatic hydroxyl groups is 2. The van der Waals surface area contributed by atoms with Crippen LogP contribution in [0, 0.1) is 6.92 Å². The van der Waals surface area contributed by atoms with E-state index in [4.69, 9.17) is 9.47 Å². The average Bonchev–Trinajstić information content (AvgIpc) is 3.09. The SMILES string of the molecule is COc1ccc(CNC(C)=C2C(=O)C=C3Oc4c(C(C)=O)c(O)c(C)c(O)c4[C@@]3(C)C2=O)cc1. The highest BCUT2D eigenvalue weighted by molar-refractivity contribution is 6.31. The molecule has 34 heavy (non-hydrogen) atoms. The number of hydrogen-bond acceptors (Lipinski definition) is 8. The number of nitrogens with one attached hydrogen (secondary N) is 1. The van der Waals surface area contributed by atoms with Crippen molar-refractivity contribution in [2.24, 2.45) is 0 Å². The maximum atomic E-state index is 13.8. The van der Waals surface area contributed by atoms with E-state index >= 15 is 0 Å². The van der Waals surface area contributed by atoms with Crippen molar-refractivity contribution in [1.82, 2.24) is 5.32 Å². The minimum Gasteiger partial charge on any atom is -0.507 e. The lowest BCUT2D eigenvalue weighted by molar-refractivity contribution is -0.123. The maximum absolute atomic E-state index is 13.8. The number of hydrogen-bond donors (Lipinski definition) is 3. The van der Waals surface area contributed by atoms with Gasteiger partial charge in [-0.25, -0.2) is 0 Å². The number of fused-ring (bicyclic) bond motifs is 3. The highest BCUT2D eigenvalue weighted by atomic mass is 16.5. The van der Waals surface area contributed by atoms with Crippen LogP contribution in [0.4, 0.5) is 0 Å². The van der Waals surface area contributed by atoms with Gasteiger partial charge in [0, 0.05) is 23.9 Å². The second-order valence-electron chi connectivity index (χ2n) is 8.59. The van der Waals surface area contributed by atoms with E-state index < -0.39 is 28.5 Å². The first-order valence-electron chi connectivity index (χ1n) is 10.7. The van der Waals surface area contributed by atoms with Crippen LogP contribution >= 0.6 is 0 Å². The highest BCUT2D eigenvalue weighted by Crippen LogP contribution is 2.57. The zero-order valence-electron chi connectivity index (χ0n) is 19.5. The van der Waals surface area contributed by atoms with Crippen LogP contribution < -0.4 is 14.8 Å². The molecule has 1 atom stereocenters. The second-order valence-corrected chi connectivity index (χ2v) is 8.59. The smallest absolute Gasteiger partial charge is 0.194 e. The van der Waals surface area contributed by atoms with E-state index in [1.165, 1.54) is 26.8 Å². The summed E-state index contributed by atoms with van der Waals surface area (Å²) in [6, 6.07) is 7.36. The fourth-order valence-electron chi connectivity index (χ4n) is 4.43. The second kappa shape index (κ2) is 8.06. The number of benzene rings is 2. The van der Waals surface area contributed by atoms with Crippen LogP contribution in [-0.2, 0) is 21.5 Å². The number of rotatable bonds is 5. The first-order chi connectivity index (χ1) is 16.0. The van der Waals surface area contributed by atoms with E-state index in [-0.39, 0.29) is 39.5 Å². The summed E-state index contributed by atoms with van der Waals surface area (Å²) in [5, 5.41) is 24.4. The number of carbonyl (C=O) groups excluding carboxylic acids is 3. The normalized spacial score (nSPS) is 20.2. The molecule has 0 bridgehead atoms. The average molecular weight is 463 g/mol. The van der Waals surface area contributed by atoms with Crippen molar-refractivity contribution >= 4 is 17.3 Å². The lowest BCUT2D eigenvalue weighted by Crippen LogP contribution is -2.41. The molecule has 2 aromatic rings. The molecule has 0 spiro atoms. The molecule has 8 heteroatoms. The van der Waals surface area contributed by atoms with Gasteiger partial charge in [-0.05, 0) is 45.4 Å². The van der Waals surface area contributed by atoms with Crippen LogP contribution in [-0.4, -0.2) is 34.7 Å². The number of methoxy groups -OCH3 is 1. The summed E-state index contributed by atoms with van der Waals surface area (Å²) in [7, 11) is 1.58. The Labute approximate surface area is 196 Å². The van der Waals surface area contributed by atoms with Gasteiger partial charge in [0.2, 0.25) is 0 Å². The van der Waals surface area contributed by atoms with Crippen molar-refractivity contribution in [3.63, 3.8) is 0 Å². The molecule has 0 aromatic heterocycles. The Morgan fingerprint density at radius 2 is 1.76 bits per heavy atom. The number of Topliss-reactive ketones (excluding diaryl/α,β-unsaturated/α-hetero) is 2. The van der Waals surface area contributed by atoms with Crippen molar-refractivity contribution in [2.75, 3.05) is 7.11 Å². The van der Waals surface area contributed by atoms with Gasteiger partial charge in [0.15, 0.2) is 17.3 Å². The van der Waals surface area contributed by atoms with Gasteiger partial charge in [0.05, 0.1) is 18.2 Å². The molecule has 0 radical (unpaired) electrons. The predicted molar refractivity (Wildman–Crippen MR) is 123 cm³/mol. The van der Waals surface area contributed by atoms with Gasteiger partial charge in [0.25, 0.3) is 0 Å². The summed E-state index contributed by atoms with van der Waals surface area (Å²) in [5.41, 5.74) is -0.320. The van der Waals surface area contributed by atoms with E-state index in [2.05, 4.69) is 5.32 Å². The van der Waals surface area contributed by atoms with Gasteiger partial charge in [0.1, 0.15) is 39.7 Å². The number of allylic oxidation sites excluding steroid dienone is 4.